The second-order valence-electron chi connectivity index (χ2n) is 2.58. The number of nitrogens with one attached hydrogen (secondary N) is 1. The molecule has 72 valence electrons. The predicted molar refractivity (Wildman–Crippen MR) is 54.4 cm³/mol. The smallest absolute Gasteiger partial charge is 0.340 e. The molecule has 0 radical (unpaired) electrons. The Kier molecular flexibility index (Phi) is 3.76. The van der Waals surface area contributed by atoms with Crippen LogP contribution in [-0.4, -0.2) is 19.6 Å². The van der Waals surface area contributed by atoms with Gasteiger partial charge >= 0.3 is 5.97 Å². The van der Waals surface area contributed by atoms with Gasteiger partial charge in [-0.15, -0.1) is 11.3 Å². The van der Waals surface area contributed by atoms with E-state index in [-0.39, 0.29) is 5.97 Å². The van der Waals surface area contributed by atoms with Crippen LogP contribution in [0.25, 0.3) is 0 Å². The van der Waals surface area contributed by atoms with Crippen molar-refractivity contribution in [2.24, 2.45) is 0 Å². The predicted octanol–water partition coefficient (Wildman–Crippen LogP) is 2.36. The SMILES string of the molecule is CCCNc1sccc1C(=O)OC. The number of thiophene rings is 1. The molecule has 0 unspecified atom stereocenters. The Morgan fingerprint density at radius 3 is 3.08 bits per heavy atom. The van der Waals surface area contributed by atoms with E-state index in [4.69, 9.17) is 0 Å². The Morgan fingerprint density at radius 1 is 1.69 bits per heavy atom. The van der Waals surface area contributed by atoms with E-state index in [9.17, 15) is 4.79 Å². The van der Waals surface area contributed by atoms with Crippen LogP contribution in [0.2, 0.25) is 0 Å². The van der Waals surface area contributed by atoms with Crippen LogP contribution >= 0.6 is 11.3 Å². The van der Waals surface area contributed by atoms with Gasteiger partial charge in [0.05, 0.1) is 12.7 Å². The van der Waals surface area contributed by atoms with Crippen LogP contribution in [0, 0.1) is 0 Å². The van der Waals surface area contributed by atoms with E-state index in [1.807, 2.05) is 5.38 Å². The third kappa shape index (κ3) is 2.45. The maximum Gasteiger partial charge on any atom is 0.340 e. The summed E-state index contributed by atoms with van der Waals surface area (Å²) < 4.78 is 4.64. The van der Waals surface area contributed by atoms with Crippen molar-refractivity contribution >= 4 is 22.3 Å². The van der Waals surface area contributed by atoms with Crippen LogP contribution in [0.4, 0.5) is 5.00 Å². The third-order valence-corrected chi connectivity index (χ3v) is 2.48. The van der Waals surface area contributed by atoms with E-state index in [0.29, 0.717) is 5.56 Å². The summed E-state index contributed by atoms with van der Waals surface area (Å²) in [6.45, 7) is 2.96. The summed E-state index contributed by atoms with van der Waals surface area (Å²) in [7, 11) is 1.39. The van der Waals surface area contributed by atoms with E-state index in [1.54, 1.807) is 6.07 Å². The van der Waals surface area contributed by atoms with Crippen molar-refractivity contribution in [3.63, 3.8) is 0 Å². The van der Waals surface area contributed by atoms with E-state index < -0.39 is 0 Å². The first-order valence-corrected chi connectivity index (χ1v) is 5.07. The van der Waals surface area contributed by atoms with Gasteiger partial charge in [0, 0.05) is 6.54 Å². The maximum absolute atomic E-state index is 11.2. The molecule has 1 aromatic heterocycles. The number of anilines is 1. The maximum atomic E-state index is 11.2. The number of rotatable bonds is 4. The highest BCUT2D eigenvalue weighted by Gasteiger charge is 2.11. The molecule has 0 fully saturated rings. The molecule has 0 aromatic carbocycles. The lowest BCUT2D eigenvalue weighted by Crippen LogP contribution is -2.05. The zero-order valence-corrected chi connectivity index (χ0v) is 8.61. The fourth-order valence-corrected chi connectivity index (χ4v) is 1.76. The first-order valence-electron chi connectivity index (χ1n) is 4.19. The summed E-state index contributed by atoms with van der Waals surface area (Å²) in [5.74, 6) is -0.278. The standard InChI is InChI=1S/C9H13NO2S/c1-3-5-10-8-7(4-6-13-8)9(11)12-2/h4,6,10H,3,5H2,1-2H3. The first-order chi connectivity index (χ1) is 6.29. The van der Waals surface area contributed by atoms with Gasteiger partial charge in [0.2, 0.25) is 0 Å². The van der Waals surface area contributed by atoms with Crippen molar-refractivity contribution in [3.05, 3.63) is 17.0 Å². The van der Waals surface area contributed by atoms with Crippen LogP contribution in [0.5, 0.6) is 0 Å². The summed E-state index contributed by atoms with van der Waals surface area (Å²) >= 11 is 1.52. The molecule has 0 aliphatic rings. The molecule has 3 nitrogen and oxygen atoms in total. The minimum atomic E-state index is -0.278. The first kappa shape index (κ1) is 10.1. The highest BCUT2D eigenvalue weighted by atomic mass is 32.1. The third-order valence-electron chi connectivity index (χ3n) is 1.61. The molecule has 0 saturated carbocycles. The van der Waals surface area contributed by atoms with Crippen molar-refractivity contribution in [1.82, 2.24) is 0 Å². The zero-order valence-electron chi connectivity index (χ0n) is 7.79. The molecule has 1 aromatic rings. The lowest BCUT2D eigenvalue weighted by molar-refractivity contribution is 0.0602. The van der Waals surface area contributed by atoms with E-state index in [0.717, 1.165) is 18.0 Å². The van der Waals surface area contributed by atoms with Crippen LogP contribution in [0.15, 0.2) is 11.4 Å². The van der Waals surface area contributed by atoms with Gasteiger partial charge in [-0.2, -0.15) is 0 Å². The van der Waals surface area contributed by atoms with Crippen molar-refractivity contribution in [2.45, 2.75) is 13.3 Å². The number of carbonyl (C=O) groups excluding carboxylic acids is 1. The van der Waals surface area contributed by atoms with Crippen LogP contribution in [0.3, 0.4) is 0 Å². The normalized spacial score (nSPS) is 9.69. The van der Waals surface area contributed by atoms with E-state index in [1.165, 1.54) is 18.4 Å². The number of carbonyl (C=O) groups is 1. The second kappa shape index (κ2) is 4.87. The van der Waals surface area contributed by atoms with Crippen molar-refractivity contribution in [3.8, 4) is 0 Å². The Hall–Kier alpha value is -1.03. The minimum Gasteiger partial charge on any atom is -0.465 e. The number of ether oxygens (including phenoxy) is 1. The number of hydrogen-bond acceptors (Lipinski definition) is 4. The topological polar surface area (TPSA) is 38.3 Å². The highest BCUT2D eigenvalue weighted by Crippen LogP contribution is 2.23. The molecular formula is C9H13NO2S. The van der Waals surface area contributed by atoms with Gasteiger partial charge in [-0.05, 0) is 17.9 Å². The molecule has 4 heteroatoms. The Balaban J connectivity index is 2.71. The van der Waals surface area contributed by atoms with Gasteiger partial charge in [-0.3, -0.25) is 0 Å². The van der Waals surface area contributed by atoms with Crippen molar-refractivity contribution in [1.29, 1.82) is 0 Å². The molecule has 0 amide bonds. The molecule has 1 rings (SSSR count). The molecule has 0 atom stereocenters. The van der Waals surface area contributed by atoms with Gasteiger partial charge in [-0.1, -0.05) is 6.92 Å². The number of methoxy groups -OCH3 is 1. The number of hydrogen-bond donors (Lipinski definition) is 1. The van der Waals surface area contributed by atoms with E-state index >= 15 is 0 Å². The van der Waals surface area contributed by atoms with Gasteiger partial charge in [0.25, 0.3) is 0 Å². The number of esters is 1. The Bertz CT molecular complexity index is 283. The minimum absolute atomic E-state index is 0.278. The monoisotopic (exact) mass is 199 g/mol. The van der Waals surface area contributed by atoms with E-state index in [2.05, 4.69) is 17.0 Å². The summed E-state index contributed by atoms with van der Waals surface area (Å²) in [5.41, 5.74) is 0.626. The molecule has 0 spiro atoms. The highest BCUT2D eigenvalue weighted by molar-refractivity contribution is 7.14. The summed E-state index contributed by atoms with van der Waals surface area (Å²) in [5, 5.41) is 5.95. The largest absolute Gasteiger partial charge is 0.465 e. The average Bonchev–Trinajstić information content (AvgIpc) is 2.61. The fourth-order valence-electron chi connectivity index (χ4n) is 0.955. The molecule has 1 heterocycles. The molecular weight excluding hydrogens is 186 g/mol. The quantitative estimate of drug-likeness (QED) is 0.756. The van der Waals surface area contributed by atoms with Crippen LogP contribution in [-0.2, 0) is 4.74 Å². The van der Waals surface area contributed by atoms with Gasteiger partial charge < -0.3 is 10.1 Å². The Morgan fingerprint density at radius 2 is 2.46 bits per heavy atom. The van der Waals surface area contributed by atoms with Gasteiger partial charge in [-0.25, -0.2) is 4.79 Å². The van der Waals surface area contributed by atoms with Gasteiger partial charge in [0.15, 0.2) is 0 Å². The summed E-state index contributed by atoms with van der Waals surface area (Å²) in [6, 6.07) is 1.77. The molecule has 0 aliphatic carbocycles. The zero-order chi connectivity index (χ0) is 9.68. The molecule has 0 bridgehead atoms. The van der Waals surface area contributed by atoms with Crippen LogP contribution in [0.1, 0.15) is 23.7 Å². The second-order valence-corrected chi connectivity index (χ2v) is 3.50. The lowest BCUT2D eigenvalue weighted by atomic mass is 10.3. The van der Waals surface area contributed by atoms with Crippen LogP contribution < -0.4 is 5.32 Å². The van der Waals surface area contributed by atoms with Crippen molar-refractivity contribution < 1.29 is 9.53 Å². The molecule has 0 aliphatic heterocycles. The Labute approximate surface area is 81.7 Å². The molecule has 0 saturated heterocycles. The van der Waals surface area contributed by atoms with Gasteiger partial charge in [0.1, 0.15) is 5.00 Å². The van der Waals surface area contributed by atoms with Crippen molar-refractivity contribution in [2.75, 3.05) is 19.0 Å². The summed E-state index contributed by atoms with van der Waals surface area (Å²) in [4.78, 5) is 11.2. The lowest BCUT2D eigenvalue weighted by Gasteiger charge is -2.03. The molecule has 1 N–H and O–H groups in total. The molecule has 13 heavy (non-hydrogen) atoms. The average molecular weight is 199 g/mol. The fraction of sp³-hybridized carbons (Fsp3) is 0.444. The summed E-state index contributed by atoms with van der Waals surface area (Å²) in [6.07, 6.45) is 1.04.